The number of rotatable bonds is 13. The van der Waals surface area contributed by atoms with Crippen molar-refractivity contribution in [2.75, 3.05) is 20.1 Å². The van der Waals surface area contributed by atoms with Crippen molar-refractivity contribution < 1.29 is 50.8 Å². The van der Waals surface area contributed by atoms with Gasteiger partial charge in [0.25, 0.3) is 0 Å². The molecule has 0 bridgehead atoms. The van der Waals surface area contributed by atoms with Crippen molar-refractivity contribution in [3.05, 3.63) is 0 Å². The second-order valence-electron chi connectivity index (χ2n) is 6.31. The van der Waals surface area contributed by atoms with Gasteiger partial charge in [-0.1, -0.05) is 58.3 Å². The van der Waals surface area contributed by atoms with Crippen molar-refractivity contribution in [1.82, 2.24) is 4.90 Å². The molecule has 6 nitrogen and oxygen atoms in total. The quantitative estimate of drug-likeness (QED) is 0.310. The zero-order valence-electron chi connectivity index (χ0n) is 17.8. The minimum atomic E-state index is -0.956. The maximum atomic E-state index is 11.5. The molecule has 7 heteroatoms. The van der Waals surface area contributed by atoms with Gasteiger partial charge in [0.15, 0.2) is 0 Å². The van der Waals surface area contributed by atoms with Crippen LogP contribution in [0.15, 0.2) is 0 Å². The summed E-state index contributed by atoms with van der Waals surface area (Å²) >= 11 is 0. The average molecular weight is 371 g/mol. The van der Waals surface area contributed by atoms with Crippen molar-refractivity contribution in [3.8, 4) is 0 Å². The molecule has 0 aliphatic rings. The summed E-state index contributed by atoms with van der Waals surface area (Å²) in [5, 5.41) is 16.8. The fourth-order valence-corrected chi connectivity index (χ4v) is 2.07. The van der Waals surface area contributed by atoms with Gasteiger partial charge in [0, 0.05) is 20.0 Å². The predicted molar refractivity (Wildman–Crippen MR) is 99.0 cm³/mol. The minimum absolute atomic E-state index is 0. The first-order valence-electron chi connectivity index (χ1n) is 9.19. The topological polar surface area (TPSA) is 104 Å². The third kappa shape index (κ3) is 26.2. The second kappa shape index (κ2) is 21.9. The number of aliphatic hydroxyl groups excluding tert-OH is 1. The number of unbranched alkanes of at least 4 members (excludes halogenated alkanes) is 8. The van der Waals surface area contributed by atoms with Crippen molar-refractivity contribution in [1.29, 1.82) is 0 Å². The van der Waals surface area contributed by atoms with Gasteiger partial charge in [-0.3, -0.25) is 9.59 Å². The Morgan fingerprint density at radius 2 is 1.44 bits per heavy atom. The monoisotopic (exact) mass is 370 g/mol. The second-order valence-corrected chi connectivity index (χ2v) is 6.31. The van der Waals surface area contributed by atoms with E-state index in [2.05, 4.69) is 6.92 Å². The van der Waals surface area contributed by atoms with Crippen molar-refractivity contribution in [2.45, 2.75) is 84.2 Å². The smallest absolute Gasteiger partial charge is 1.00 e. The van der Waals surface area contributed by atoms with E-state index in [1.807, 2.05) is 0 Å². The number of aliphatic carboxylic acids is 1. The molecule has 0 aromatic carbocycles. The van der Waals surface area contributed by atoms with Crippen LogP contribution >= 0.6 is 0 Å². The molecule has 0 radical (unpaired) electrons. The van der Waals surface area contributed by atoms with Gasteiger partial charge in [0.05, 0.1) is 6.10 Å². The van der Waals surface area contributed by atoms with E-state index >= 15 is 0 Å². The Bertz CT molecular complexity index is 322. The number of amides is 1. The number of hydrogen-bond donors (Lipinski definition) is 3. The molecule has 0 spiro atoms. The molecule has 0 aromatic rings. The van der Waals surface area contributed by atoms with Crippen molar-refractivity contribution in [2.24, 2.45) is 5.73 Å². The van der Waals surface area contributed by atoms with Gasteiger partial charge in [-0.2, -0.15) is 0 Å². The van der Waals surface area contributed by atoms with Gasteiger partial charge in [-0.15, -0.1) is 0 Å². The summed E-state index contributed by atoms with van der Waals surface area (Å²) < 4.78 is 0. The number of aliphatic hydroxyl groups is 1. The maximum Gasteiger partial charge on any atom is 1.00 e. The molecule has 0 saturated carbocycles. The first-order chi connectivity index (χ1) is 11.3. The first-order valence-corrected chi connectivity index (χ1v) is 9.19. The molecular formula is C18H39N2NaO4. The van der Waals surface area contributed by atoms with Crippen molar-refractivity contribution >= 4 is 11.9 Å². The number of carboxylic acids is 1. The molecule has 0 aromatic heterocycles. The summed E-state index contributed by atoms with van der Waals surface area (Å²) in [6.07, 6.45) is 11.1. The fourth-order valence-electron chi connectivity index (χ4n) is 2.07. The molecule has 1 atom stereocenters. The third-order valence-corrected chi connectivity index (χ3v) is 3.63. The Morgan fingerprint density at radius 1 is 1.04 bits per heavy atom. The van der Waals surface area contributed by atoms with Crippen molar-refractivity contribution in [3.63, 3.8) is 0 Å². The van der Waals surface area contributed by atoms with Gasteiger partial charge in [-0.25, -0.2) is 0 Å². The van der Waals surface area contributed by atoms with Crippen LogP contribution in [0, 0.1) is 0 Å². The van der Waals surface area contributed by atoms with Gasteiger partial charge in [-0.05, 0) is 13.3 Å². The predicted octanol–water partition coefficient (Wildman–Crippen LogP) is -0.107. The number of carbonyl (C=O) groups is 2. The minimum Gasteiger partial charge on any atom is -1.00 e. The van der Waals surface area contributed by atoms with E-state index in [-0.39, 0.29) is 49.5 Å². The van der Waals surface area contributed by atoms with Gasteiger partial charge < -0.3 is 22.3 Å². The molecule has 25 heavy (non-hydrogen) atoms. The summed E-state index contributed by atoms with van der Waals surface area (Å²) in [5.74, 6) is -1.02. The van der Waals surface area contributed by atoms with E-state index in [1.165, 1.54) is 49.8 Å². The van der Waals surface area contributed by atoms with Crippen LogP contribution in [0.25, 0.3) is 0 Å². The molecule has 0 aliphatic heterocycles. The Morgan fingerprint density at radius 3 is 1.80 bits per heavy atom. The van der Waals surface area contributed by atoms with E-state index < -0.39 is 5.97 Å². The molecule has 1 unspecified atom stereocenters. The van der Waals surface area contributed by atoms with Crippen LogP contribution in [0.2, 0.25) is 0 Å². The molecule has 1 amide bonds. The Labute approximate surface area is 177 Å². The van der Waals surface area contributed by atoms with Crippen LogP contribution in [-0.2, 0) is 9.59 Å². The Hall–Kier alpha value is -0.140. The van der Waals surface area contributed by atoms with Crippen LogP contribution in [0.4, 0.5) is 0 Å². The summed E-state index contributed by atoms with van der Waals surface area (Å²) in [4.78, 5) is 23.3. The molecule has 0 aliphatic carbocycles. The van der Waals surface area contributed by atoms with Crippen LogP contribution in [-0.4, -0.2) is 53.2 Å². The third-order valence-electron chi connectivity index (χ3n) is 3.63. The van der Waals surface area contributed by atoms with E-state index in [0.29, 0.717) is 13.0 Å². The van der Waals surface area contributed by atoms with E-state index in [1.54, 1.807) is 14.0 Å². The number of hydrogen-bond acceptors (Lipinski definition) is 4. The molecular weight excluding hydrogens is 331 g/mol. The SMILES string of the molecule is CC(O)CN.CCCCCCCCCCCC(=O)N(C)CC(=O)O.[H-].[Na+]. The molecule has 0 saturated heterocycles. The number of carbonyl (C=O) groups excluding carboxylic acids is 1. The molecule has 4 N–H and O–H groups in total. The van der Waals surface area contributed by atoms with E-state index in [9.17, 15) is 9.59 Å². The molecule has 0 rings (SSSR count). The fraction of sp³-hybridized carbons (Fsp3) is 0.889. The normalized spacial score (nSPS) is 10.9. The maximum absolute atomic E-state index is 11.5. The summed E-state index contributed by atoms with van der Waals surface area (Å²) in [6.45, 7) is 4.04. The Kier molecular flexibility index (Phi) is 25.9. The number of nitrogens with zero attached hydrogens (tertiary/aromatic N) is 1. The van der Waals surface area contributed by atoms with Crippen LogP contribution in [0.3, 0.4) is 0 Å². The number of nitrogens with two attached hydrogens (primary N) is 1. The Balaban J connectivity index is -0.000000304. The summed E-state index contributed by atoms with van der Waals surface area (Å²) in [6, 6.07) is 0. The van der Waals surface area contributed by atoms with Crippen LogP contribution < -0.4 is 35.3 Å². The zero-order chi connectivity index (χ0) is 18.8. The largest absolute Gasteiger partial charge is 1.00 e. The summed E-state index contributed by atoms with van der Waals surface area (Å²) in [5.41, 5.74) is 4.92. The number of likely N-dealkylation sites (N-methyl/N-ethyl adjacent to an activating group) is 1. The first kappa shape index (κ1) is 29.6. The molecule has 146 valence electrons. The van der Waals surface area contributed by atoms with E-state index in [4.69, 9.17) is 15.9 Å². The molecule has 0 heterocycles. The summed E-state index contributed by atoms with van der Waals surface area (Å²) in [7, 11) is 1.55. The van der Waals surface area contributed by atoms with Gasteiger partial charge in [0.1, 0.15) is 6.54 Å². The standard InChI is InChI=1S/C15H29NO3.C3H9NO.Na.H/c1-3-4-5-6-7-8-9-10-11-12-14(17)16(2)13-15(18)19;1-3(5)2-4;;/h3-13H2,1-2H3,(H,18,19);3,5H,2,4H2,1H3;;/q;;+1;-1. The number of carboxylic acid groups (broad SMARTS) is 1. The van der Waals surface area contributed by atoms with Crippen LogP contribution in [0.1, 0.15) is 79.5 Å². The van der Waals surface area contributed by atoms with Gasteiger partial charge >= 0.3 is 35.5 Å². The average Bonchev–Trinajstić information content (AvgIpc) is 2.52. The molecule has 0 fully saturated rings. The zero-order valence-corrected chi connectivity index (χ0v) is 18.8. The van der Waals surface area contributed by atoms with Crippen LogP contribution in [0.5, 0.6) is 0 Å². The van der Waals surface area contributed by atoms with E-state index in [0.717, 1.165) is 12.8 Å². The van der Waals surface area contributed by atoms with Gasteiger partial charge in [0.2, 0.25) is 5.91 Å².